The van der Waals surface area contributed by atoms with Crippen LogP contribution in [0.5, 0.6) is 0 Å². The van der Waals surface area contributed by atoms with Crippen molar-refractivity contribution in [3.63, 3.8) is 0 Å². The van der Waals surface area contributed by atoms with E-state index in [0.29, 0.717) is 31.0 Å². The van der Waals surface area contributed by atoms with Crippen LogP contribution in [-0.4, -0.2) is 26.2 Å². The Labute approximate surface area is 115 Å². The molecule has 1 N–H and O–H groups in total. The summed E-state index contributed by atoms with van der Waals surface area (Å²) in [6.45, 7) is 0. The first kappa shape index (κ1) is 12.8. The molecule has 104 valence electrons. The van der Waals surface area contributed by atoms with Crippen LogP contribution in [0.15, 0.2) is 29.0 Å². The average Bonchev–Trinajstić information content (AvgIpc) is 3.10. The number of rotatable bonds is 4. The van der Waals surface area contributed by atoms with Crippen molar-refractivity contribution in [3.05, 3.63) is 30.4 Å². The lowest BCUT2D eigenvalue weighted by atomic mass is 9.83. The number of hydrogen-bond donors (Lipinski definition) is 1. The highest BCUT2D eigenvalue weighted by Crippen LogP contribution is 2.41. The van der Waals surface area contributed by atoms with Gasteiger partial charge in [-0.1, -0.05) is 18.0 Å². The summed E-state index contributed by atoms with van der Waals surface area (Å²) < 4.78 is 5.20. The van der Waals surface area contributed by atoms with Crippen LogP contribution in [0, 0.1) is 5.41 Å². The van der Waals surface area contributed by atoms with Gasteiger partial charge in [0.1, 0.15) is 0 Å². The molecule has 1 aliphatic rings. The van der Waals surface area contributed by atoms with E-state index in [2.05, 4.69) is 15.1 Å². The van der Waals surface area contributed by atoms with Crippen LogP contribution >= 0.6 is 0 Å². The van der Waals surface area contributed by atoms with Crippen molar-refractivity contribution in [2.75, 3.05) is 0 Å². The SMILES string of the molecule is O=C(O)C1(Cc2nc(-c3cccnc3)no2)CCCC1. The molecule has 2 aromatic heterocycles. The van der Waals surface area contributed by atoms with Gasteiger partial charge in [-0.3, -0.25) is 9.78 Å². The second kappa shape index (κ2) is 5.03. The zero-order chi connectivity index (χ0) is 14.0. The number of nitrogens with zero attached hydrogens (tertiary/aromatic N) is 3. The minimum absolute atomic E-state index is 0.301. The van der Waals surface area contributed by atoms with Crippen molar-refractivity contribution in [1.82, 2.24) is 15.1 Å². The van der Waals surface area contributed by atoms with Gasteiger partial charge in [-0.15, -0.1) is 0 Å². The summed E-state index contributed by atoms with van der Waals surface area (Å²) in [5.74, 6) is 0.0657. The lowest BCUT2D eigenvalue weighted by molar-refractivity contribution is -0.148. The summed E-state index contributed by atoms with van der Waals surface area (Å²) in [5, 5.41) is 13.3. The second-order valence-corrected chi connectivity index (χ2v) is 5.22. The number of hydrogen-bond acceptors (Lipinski definition) is 5. The molecule has 0 aromatic carbocycles. The predicted molar refractivity (Wildman–Crippen MR) is 69.8 cm³/mol. The van der Waals surface area contributed by atoms with Crippen LogP contribution in [0.1, 0.15) is 31.6 Å². The maximum absolute atomic E-state index is 11.5. The van der Waals surface area contributed by atoms with Crippen LogP contribution in [0.2, 0.25) is 0 Å². The lowest BCUT2D eigenvalue weighted by Gasteiger charge is -2.21. The van der Waals surface area contributed by atoms with Gasteiger partial charge in [-0.25, -0.2) is 0 Å². The van der Waals surface area contributed by atoms with Crippen LogP contribution in [-0.2, 0) is 11.2 Å². The Hall–Kier alpha value is -2.24. The van der Waals surface area contributed by atoms with Gasteiger partial charge in [-0.05, 0) is 25.0 Å². The second-order valence-electron chi connectivity index (χ2n) is 5.22. The molecule has 0 aliphatic heterocycles. The van der Waals surface area contributed by atoms with Crippen molar-refractivity contribution < 1.29 is 14.4 Å². The summed E-state index contributed by atoms with van der Waals surface area (Å²) in [6.07, 6.45) is 6.85. The number of pyridine rings is 1. The summed E-state index contributed by atoms with van der Waals surface area (Å²) in [4.78, 5) is 19.8. The zero-order valence-corrected chi connectivity index (χ0v) is 11.0. The first-order valence-corrected chi connectivity index (χ1v) is 6.66. The summed E-state index contributed by atoms with van der Waals surface area (Å²) >= 11 is 0. The molecule has 0 saturated heterocycles. The van der Waals surface area contributed by atoms with E-state index in [1.54, 1.807) is 18.5 Å². The van der Waals surface area contributed by atoms with E-state index in [4.69, 9.17) is 4.52 Å². The molecule has 6 heteroatoms. The fraction of sp³-hybridized carbons (Fsp3) is 0.429. The van der Waals surface area contributed by atoms with Gasteiger partial charge < -0.3 is 9.63 Å². The Morgan fingerprint density at radius 3 is 2.85 bits per heavy atom. The minimum atomic E-state index is -0.767. The number of aliphatic carboxylic acids is 1. The molecule has 0 unspecified atom stereocenters. The largest absolute Gasteiger partial charge is 0.481 e. The smallest absolute Gasteiger partial charge is 0.310 e. The molecule has 1 aliphatic carbocycles. The van der Waals surface area contributed by atoms with Gasteiger partial charge in [0.25, 0.3) is 0 Å². The van der Waals surface area contributed by atoms with Gasteiger partial charge in [0.05, 0.1) is 5.41 Å². The van der Waals surface area contributed by atoms with Crippen molar-refractivity contribution in [2.45, 2.75) is 32.1 Å². The molecule has 6 nitrogen and oxygen atoms in total. The summed E-state index contributed by atoms with van der Waals surface area (Å²) in [5.41, 5.74) is 0.0250. The predicted octanol–water partition coefficient (Wildman–Crippen LogP) is 2.32. The number of carboxylic acids is 1. The highest BCUT2D eigenvalue weighted by Gasteiger charge is 2.42. The molecule has 0 spiro atoms. The lowest BCUT2D eigenvalue weighted by Crippen LogP contribution is -2.30. The first-order chi connectivity index (χ1) is 9.70. The molecule has 2 heterocycles. The molecule has 2 aromatic rings. The fourth-order valence-electron chi connectivity index (χ4n) is 2.75. The highest BCUT2D eigenvalue weighted by atomic mass is 16.5. The van der Waals surface area contributed by atoms with Crippen LogP contribution in [0.4, 0.5) is 0 Å². The van der Waals surface area contributed by atoms with Crippen molar-refractivity contribution in [3.8, 4) is 11.4 Å². The van der Waals surface area contributed by atoms with E-state index in [9.17, 15) is 9.90 Å². The van der Waals surface area contributed by atoms with Crippen molar-refractivity contribution in [1.29, 1.82) is 0 Å². The maximum atomic E-state index is 11.5. The molecule has 1 saturated carbocycles. The molecule has 0 radical (unpaired) electrons. The van der Waals surface area contributed by atoms with Crippen molar-refractivity contribution >= 4 is 5.97 Å². The van der Waals surface area contributed by atoms with Crippen LogP contribution < -0.4 is 0 Å². The Morgan fingerprint density at radius 1 is 1.40 bits per heavy atom. The van der Waals surface area contributed by atoms with E-state index in [1.165, 1.54) is 0 Å². The van der Waals surface area contributed by atoms with E-state index in [0.717, 1.165) is 18.4 Å². The third kappa shape index (κ3) is 2.29. The van der Waals surface area contributed by atoms with Gasteiger partial charge in [0.2, 0.25) is 11.7 Å². The molecule has 20 heavy (non-hydrogen) atoms. The first-order valence-electron chi connectivity index (χ1n) is 6.66. The normalized spacial score (nSPS) is 17.2. The number of carbonyl (C=O) groups is 1. The number of carboxylic acid groups (broad SMARTS) is 1. The zero-order valence-electron chi connectivity index (χ0n) is 11.0. The van der Waals surface area contributed by atoms with Gasteiger partial charge in [-0.2, -0.15) is 4.98 Å². The third-order valence-corrected chi connectivity index (χ3v) is 3.89. The topological polar surface area (TPSA) is 89.1 Å². The van der Waals surface area contributed by atoms with Crippen LogP contribution in [0.25, 0.3) is 11.4 Å². The fourth-order valence-corrected chi connectivity index (χ4v) is 2.75. The molecule has 0 atom stereocenters. The van der Waals surface area contributed by atoms with Gasteiger partial charge in [0, 0.05) is 24.4 Å². The van der Waals surface area contributed by atoms with Gasteiger partial charge in [0.15, 0.2) is 0 Å². The molecular weight excluding hydrogens is 258 g/mol. The van der Waals surface area contributed by atoms with E-state index < -0.39 is 11.4 Å². The molecule has 1 fully saturated rings. The average molecular weight is 273 g/mol. The van der Waals surface area contributed by atoms with Crippen molar-refractivity contribution in [2.24, 2.45) is 5.41 Å². The van der Waals surface area contributed by atoms with E-state index in [-0.39, 0.29) is 0 Å². The number of aromatic nitrogens is 3. The monoisotopic (exact) mass is 273 g/mol. The summed E-state index contributed by atoms with van der Waals surface area (Å²) in [7, 11) is 0. The summed E-state index contributed by atoms with van der Waals surface area (Å²) in [6, 6.07) is 3.63. The highest BCUT2D eigenvalue weighted by molar-refractivity contribution is 5.75. The Bertz CT molecular complexity index is 603. The molecule has 0 bridgehead atoms. The minimum Gasteiger partial charge on any atom is -0.481 e. The Morgan fingerprint density at radius 2 is 2.20 bits per heavy atom. The van der Waals surface area contributed by atoms with E-state index in [1.807, 2.05) is 6.07 Å². The van der Waals surface area contributed by atoms with Crippen LogP contribution in [0.3, 0.4) is 0 Å². The standard InChI is InChI=1S/C14H15N3O3/c18-13(19)14(5-1-2-6-14)8-11-16-12(17-20-11)10-4-3-7-15-9-10/h3-4,7,9H,1-2,5-6,8H2,(H,18,19). The van der Waals surface area contributed by atoms with Gasteiger partial charge >= 0.3 is 5.97 Å². The quantitative estimate of drug-likeness (QED) is 0.919. The molecule has 3 rings (SSSR count). The molecular formula is C14H15N3O3. The molecule has 0 amide bonds. The Kier molecular flexibility index (Phi) is 3.22. The maximum Gasteiger partial charge on any atom is 0.310 e. The Balaban J connectivity index is 1.82. The third-order valence-electron chi connectivity index (χ3n) is 3.89. The van der Waals surface area contributed by atoms with E-state index >= 15 is 0 Å².